The van der Waals surface area contributed by atoms with Crippen LogP contribution < -0.4 is 11.5 Å². The number of fused-ring (bicyclic) bond motifs is 2. The molecule has 0 aromatic heterocycles. The van der Waals surface area contributed by atoms with Gasteiger partial charge in [-0.3, -0.25) is 0 Å². The highest BCUT2D eigenvalue weighted by atomic mass is 16.6. The molecule has 0 spiro atoms. The highest BCUT2D eigenvalue weighted by Crippen LogP contribution is 2.36. The van der Waals surface area contributed by atoms with E-state index in [9.17, 15) is 10.2 Å². The van der Waals surface area contributed by atoms with E-state index < -0.39 is 48.7 Å². The maximum atomic E-state index is 10.5. The Hall–Kier alpha value is -0.320. The lowest BCUT2D eigenvalue weighted by Gasteiger charge is -2.52. The van der Waals surface area contributed by atoms with Gasteiger partial charge in [0.05, 0.1) is 24.3 Å². The van der Waals surface area contributed by atoms with Crippen molar-refractivity contribution in [3.05, 3.63) is 0 Å². The van der Waals surface area contributed by atoms with E-state index in [-0.39, 0.29) is 12.2 Å². The summed E-state index contributed by atoms with van der Waals surface area (Å²) < 4.78 is 23.6. The summed E-state index contributed by atoms with van der Waals surface area (Å²) in [6, 6.07) is -1.35. The quantitative estimate of drug-likeness (QED) is 0.441. The van der Waals surface area contributed by atoms with Gasteiger partial charge < -0.3 is 40.6 Å². The summed E-state index contributed by atoms with van der Waals surface area (Å²) in [5.41, 5.74) is 12.5. The van der Waals surface area contributed by atoms with Crippen molar-refractivity contribution >= 4 is 0 Å². The van der Waals surface area contributed by atoms with Gasteiger partial charge in [-0.15, -0.1) is 0 Å². The molecule has 8 nitrogen and oxygen atoms in total. The second-order valence-electron chi connectivity index (χ2n) is 7.37. The molecule has 0 amide bonds. The molecule has 0 unspecified atom stereocenters. The zero-order chi connectivity index (χ0) is 16.8. The number of nitrogens with two attached hydrogens (primary N) is 2. The normalized spacial score (nSPS) is 55.5. The predicted molar refractivity (Wildman–Crippen MR) is 83.2 cm³/mol. The third-order valence-electron chi connectivity index (χ3n) is 5.83. The van der Waals surface area contributed by atoms with Gasteiger partial charge in [0.1, 0.15) is 36.6 Å². The molecule has 0 radical (unpaired) electrons. The molecule has 10 atom stereocenters. The molecular formula is C16H28N2O6. The lowest BCUT2D eigenvalue weighted by molar-refractivity contribution is -0.276. The molecule has 0 bridgehead atoms. The van der Waals surface area contributed by atoms with Gasteiger partial charge in [-0.25, -0.2) is 0 Å². The summed E-state index contributed by atoms with van der Waals surface area (Å²) in [5.74, 6) is 0. The lowest BCUT2D eigenvalue weighted by atomic mass is 9.82. The fourth-order valence-corrected chi connectivity index (χ4v) is 4.48. The molecule has 138 valence electrons. The number of ether oxygens (including phenoxy) is 4. The van der Waals surface area contributed by atoms with Gasteiger partial charge in [-0.2, -0.15) is 0 Å². The third kappa shape index (κ3) is 2.79. The lowest BCUT2D eigenvalue weighted by Crippen LogP contribution is -2.72. The fraction of sp³-hybridized carbons (Fsp3) is 1.00. The van der Waals surface area contributed by atoms with Gasteiger partial charge >= 0.3 is 0 Å². The summed E-state index contributed by atoms with van der Waals surface area (Å²) in [7, 11) is 0. The molecule has 0 aliphatic carbocycles. The minimum Gasteiger partial charge on any atom is -0.389 e. The van der Waals surface area contributed by atoms with Gasteiger partial charge in [0, 0.05) is 13.2 Å². The van der Waals surface area contributed by atoms with E-state index in [1.54, 1.807) is 0 Å². The average Bonchev–Trinajstić information content (AvgIpc) is 2.61. The predicted octanol–water partition coefficient (Wildman–Crippen LogP) is -1.74. The van der Waals surface area contributed by atoms with E-state index in [1.807, 2.05) is 0 Å². The minimum atomic E-state index is -0.831. The first-order valence-corrected chi connectivity index (χ1v) is 8.99. The monoisotopic (exact) mass is 344 g/mol. The Morgan fingerprint density at radius 1 is 0.667 bits per heavy atom. The molecule has 4 fully saturated rings. The first-order chi connectivity index (χ1) is 11.6. The van der Waals surface area contributed by atoms with E-state index in [0.717, 1.165) is 25.7 Å². The minimum absolute atomic E-state index is 0.216. The Morgan fingerprint density at radius 2 is 1.08 bits per heavy atom. The first kappa shape index (κ1) is 17.1. The van der Waals surface area contributed by atoms with E-state index in [2.05, 4.69) is 0 Å². The summed E-state index contributed by atoms with van der Waals surface area (Å²) in [6.07, 6.45) is -0.659. The topological polar surface area (TPSA) is 129 Å². The van der Waals surface area contributed by atoms with Crippen LogP contribution in [-0.4, -0.2) is 84.3 Å². The Bertz CT molecular complexity index is 410. The summed E-state index contributed by atoms with van der Waals surface area (Å²) in [4.78, 5) is 0. The molecule has 24 heavy (non-hydrogen) atoms. The van der Waals surface area contributed by atoms with Gasteiger partial charge in [0.2, 0.25) is 0 Å². The molecular weight excluding hydrogens is 316 g/mol. The summed E-state index contributed by atoms with van der Waals surface area (Å²) >= 11 is 0. The van der Waals surface area contributed by atoms with Crippen LogP contribution in [0.4, 0.5) is 0 Å². The van der Waals surface area contributed by atoms with Crippen molar-refractivity contribution in [1.82, 2.24) is 0 Å². The zero-order valence-electron chi connectivity index (χ0n) is 13.7. The maximum Gasteiger partial charge on any atom is 0.111 e. The molecule has 4 rings (SSSR count). The molecule has 4 aliphatic heterocycles. The van der Waals surface area contributed by atoms with Crippen LogP contribution in [0.3, 0.4) is 0 Å². The van der Waals surface area contributed by atoms with Crippen molar-refractivity contribution in [2.45, 2.75) is 86.6 Å². The van der Waals surface area contributed by atoms with Crippen molar-refractivity contribution in [2.75, 3.05) is 13.2 Å². The molecule has 4 saturated heterocycles. The van der Waals surface area contributed by atoms with Crippen LogP contribution in [0.2, 0.25) is 0 Å². The summed E-state index contributed by atoms with van der Waals surface area (Å²) in [5, 5.41) is 21.1. The fourth-order valence-electron chi connectivity index (χ4n) is 4.48. The number of rotatable bonds is 1. The van der Waals surface area contributed by atoms with Gasteiger partial charge in [-0.1, -0.05) is 0 Å². The number of aliphatic hydroxyl groups is 2. The molecule has 8 heteroatoms. The molecule has 6 N–H and O–H groups in total. The van der Waals surface area contributed by atoms with Crippen molar-refractivity contribution < 1.29 is 29.2 Å². The van der Waals surface area contributed by atoms with Crippen LogP contribution in [0.15, 0.2) is 0 Å². The van der Waals surface area contributed by atoms with Gasteiger partial charge in [0.25, 0.3) is 0 Å². The molecule has 0 aromatic rings. The number of aliphatic hydroxyl groups excluding tert-OH is 2. The number of hydrogen-bond acceptors (Lipinski definition) is 8. The van der Waals surface area contributed by atoms with Crippen LogP contribution in [0.1, 0.15) is 25.7 Å². The molecule has 4 aliphatic rings. The van der Waals surface area contributed by atoms with E-state index in [0.29, 0.717) is 13.2 Å². The van der Waals surface area contributed by atoms with E-state index in [1.165, 1.54) is 0 Å². The van der Waals surface area contributed by atoms with Crippen LogP contribution in [0, 0.1) is 0 Å². The molecule has 0 saturated carbocycles. The van der Waals surface area contributed by atoms with Crippen LogP contribution in [0.25, 0.3) is 0 Å². The van der Waals surface area contributed by atoms with Crippen LogP contribution in [-0.2, 0) is 18.9 Å². The van der Waals surface area contributed by atoms with E-state index >= 15 is 0 Å². The Balaban J connectivity index is 1.53. The highest BCUT2D eigenvalue weighted by Gasteiger charge is 2.54. The zero-order valence-corrected chi connectivity index (χ0v) is 13.7. The first-order valence-electron chi connectivity index (χ1n) is 8.99. The second-order valence-corrected chi connectivity index (χ2v) is 7.37. The van der Waals surface area contributed by atoms with Crippen molar-refractivity contribution in [3.63, 3.8) is 0 Å². The third-order valence-corrected chi connectivity index (χ3v) is 5.83. The smallest absolute Gasteiger partial charge is 0.111 e. The van der Waals surface area contributed by atoms with Crippen molar-refractivity contribution in [3.8, 4) is 0 Å². The van der Waals surface area contributed by atoms with Crippen LogP contribution in [0.5, 0.6) is 0 Å². The Labute approximate surface area is 141 Å². The highest BCUT2D eigenvalue weighted by molar-refractivity contribution is 5.06. The van der Waals surface area contributed by atoms with Crippen molar-refractivity contribution in [1.29, 1.82) is 0 Å². The molecule has 0 aromatic carbocycles. The molecule has 4 heterocycles. The van der Waals surface area contributed by atoms with Crippen LogP contribution >= 0.6 is 0 Å². The standard InChI is InChI=1S/C16H28N2O6/c17-9-11(19)13-7(3-1-5-21-13)23-15(9)16-10(18)12(20)14-8(24-16)4-2-6-22-14/h7-16,19-20H,1-6,17-18H2/t7-,8-,9+,10+,11+,12+,13-,14-,15-,16+/m0/s1. The largest absolute Gasteiger partial charge is 0.389 e. The second kappa shape index (κ2) is 6.77. The van der Waals surface area contributed by atoms with Crippen molar-refractivity contribution in [2.24, 2.45) is 11.5 Å². The van der Waals surface area contributed by atoms with Gasteiger partial charge in [0.15, 0.2) is 0 Å². The van der Waals surface area contributed by atoms with Gasteiger partial charge in [-0.05, 0) is 25.7 Å². The Morgan fingerprint density at radius 3 is 1.50 bits per heavy atom. The SMILES string of the molecule is N[C@@H]1[C@@H](O)[C@H]2OCCC[C@@H]2O[C@H]1[C@H]1O[C@H]2CCCO[C@@H]2[C@H](O)[C@H]1N. The summed E-state index contributed by atoms with van der Waals surface area (Å²) in [6.45, 7) is 1.22. The Kier molecular flexibility index (Phi) is 4.83. The average molecular weight is 344 g/mol. The maximum absolute atomic E-state index is 10.5. The van der Waals surface area contributed by atoms with E-state index in [4.69, 9.17) is 30.4 Å². The number of hydrogen-bond donors (Lipinski definition) is 4.